The molecule has 0 aliphatic rings. The van der Waals surface area contributed by atoms with Gasteiger partial charge in [0.25, 0.3) is 0 Å². The van der Waals surface area contributed by atoms with Gasteiger partial charge in [-0.1, -0.05) is 49.2 Å². The third-order valence-corrected chi connectivity index (χ3v) is 3.86. The van der Waals surface area contributed by atoms with Gasteiger partial charge in [0.15, 0.2) is 0 Å². The Labute approximate surface area is 135 Å². The fraction of sp³-hybridized carbons (Fsp3) is 0.526. The lowest BCUT2D eigenvalue weighted by molar-refractivity contribution is 0.729. The van der Waals surface area contributed by atoms with E-state index in [9.17, 15) is 0 Å². The first-order valence-corrected chi connectivity index (χ1v) is 8.15. The van der Waals surface area contributed by atoms with Crippen molar-refractivity contribution in [2.75, 3.05) is 0 Å². The van der Waals surface area contributed by atoms with E-state index in [1.54, 1.807) is 0 Å². The summed E-state index contributed by atoms with van der Waals surface area (Å²) in [6.45, 7) is 12.6. The standard InChI is InChI=1S/C19H31N3/c1-7-19(22-17(6)21-16(5)20)15(4)12-14(3)18-10-8-13(2)9-11-18/h8-11,14,16H,7,12,20H2,1-6H3,(H,21,22)/b19-15+. The molecule has 0 saturated carbocycles. The van der Waals surface area contributed by atoms with Crippen molar-refractivity contribution >= 4 is 5.84 Å². The van der Waals surface area contributed by atoms with Crippen LogP contribution in [0.25, 0.3) is 0 Å². The van der Waals surface area contributed by atoms with Crippen LogP contribution in [-0.4, -0.2) is 12.0 Å². The zero-order chi connectivity index (χ0) is 16.7. The molecule has 22 heavy (non-hydrogen) atoms. The number of rotatable bonds is 6. The van der Waals surface area contributed by atoms with Gasteiger partial charge < -0.3 is 11.1 Å². The molecule has 0 aliphatic heterocycles. The molecule has 2 atom stereocenters. The van der Waals surface area contributed by atoms with E-state index in [0.29, 0.717) is 5.92 Å². The van der Waals surface area contributed by atoms with E-state index < -0.39 is 0 Å². The lowest BCUT2D eigenvalue weighted by Crippen LogP contribution is -2.25. The van der Waals surface area contributed by atoms with E-state index in [-0.39, 0.29) is 6.17 Å². The van der Waals surface area contributed by atoms with Crippen molar-refractivity contribution in [3.05, 3.63) is 46.7 Å². The van der Waals surface area contributed by atoms with Crippen LogP contribution in [0.5, 0.6) is 0 Å². The molecule has 0 amide bonds. The molecule has 122 valence electrons. The highest BCUT2D eigenvalue weighted by Crippen LogP contribution is 2.25. The SMILES string of the molecule is CC/C(N/C(C)=N\C(C)N)=C(/C)CC(C)c1ccc(C)cc1. The van der Waals surface area contributed by atoms with Crippen molar-refractivity contribution in [1.82, 2.24) is 5.32 Å². The predicted molar refractivity (Wildman–Crippen MR) is 97.1 cm³/mol. The quantitative estimate of drug-likeness (QED) is 0.601. The molecule has 0 fully saturated rings. The molecule has 0 aromatic heterocycles. The molecule has 0 spiro atoms. The van der Waals surface area contributed by atoms with Crippen molar-refractivity contribution in [2.24, 2.45) is 10.7 Å². The predicted octanol–water partition coefficient (Wildman–Crippen LogP) is 4.49. The van der Waals surface area contributed by atoms with Crippen LogP contribution in [0.15, 0.2) is 40.5 Å². The Balaban J connectivity index is 2.81. The van der Waals surface area contributed by atoms with E-state index in [0.717, 1.165) is 18.7 Å². The summed E-state index contributed by atoms with van der Waals surface area (Å²) in [4.78, 5) is 4.34. The first kappa shape index (κ1) is 18.4. The molecular weight excluding hydrogens is 270 g/mol. The summed E-state index contributed by atoms with van der Waals surface area (Å²) < 4.78 is 0. The van der Waals surface area contributed by atoms with Gasteiger partial charge in [-0.3, -0.25) is 4.99 Å². The van der Waals surface area contributed by atoms with E-state index in [2.05, 4.69) is 62.3 Å². The summed E-state index contributed by atoms with van der Waals surface area (Å²) in [6.07, 6.45) is 1.85. The van der Waals surface area contributed by atoms with Gasteiger partial charge in [-0.15, -0.1) is 0 Å². The maximum Gasteiger partial charge on any atom is 0.0992 e. The Morgan fingerprint density at radius 3 is 2.27 bits per heavy atom. The zero-order valence-corrected chi connectivity index (χ0v) is 14.9. The molecule has 2 unspecified atom stereocenters. The number of aryl methyl sites for hydroxylation is 1. The summed E-state index contributed by atoms with van der Waals surface area (Å²) in [5, 5.41) is 3.41. The molecule has 3 nitrogen and oxygen atoms in total. The monoisotopic (exact) mass is 301 g/mol. The number of nitrogens with zero attached hydrogens (tertiary/aromatic N) is 1. The van der Waals surface area contributed by atoms with Gasteiger partial charge in [-0.05, 0) is 52.0 Å². The van der Waals surface area contributed by atoms with E-state index in [1.165, 1.54) is 22.4 Å². The molecule has 0 saturated heterocycles. The van der Waals surface area contributed by atoms with Gasteiger partial charge in [0.1, 0.15) is 0 Å². The minimum atomic E-state index is -0.169. The maximum atomic E-state index is 5.71. The first-order valence-electron chi connectivity index (χ1n) is 8.15. The summed E-state index contributed by atoms with van der Waals surface area (Å²) in [6, 6.07) is 8.83. The molecule has 3 N–H and O–H groups in total. The third kappa shape index (κ3) is 6.02. The van der Waals surface area contributed by atoms with Crippen molar-refractivity contribution in [2.45, 2.75) is 66.5 Å². The average Bonchev–Trinajstić information content (AvgIpc) is 2.44. The Bertz CT molecular complexity index is 524. The van der Waals surface area contributed by atoms with Crippen molar-refractivity contribution in [1.29, 1.82) is 0 Å². The number of amidine groups is 1. The highest BCUT2D eigenvalue weighted by Gasteiger charge is 2.09. The van der Waals surface area contributed by atoms with Crippen molar-refractivity contribution in [3.8, 4) is 0 Å². The summed E-state index contributed by atoms with van der Waals surface area (Å²) in [5.74, 6) is 1.39. The van der Waals surface area contributed by atoms with Crippen LogP contribution < -0.4 is 11.1 Å². The summed E-state index contributed by atoms with van der Waals surface area (Å²) in [5.41, 5.74) is 11.0. The average molecular weight is 301 g/mol. The molecule has 1 rings (SSSR count). The Morgan fingerprint density at radius 1 is 1.18 bits per heavy atom. The fourth-order valence-corrected chi connectivity index (χ4v) is 2.65. The molecule has 0 aliphatic carbocycles. The number of aliphatic imine (C=N–C) groups is 1. The minimum Gasteiger partial charge on any atom is -0.348 e. The van der Waals surface area contributed by atoms with Gasteiger partial charge in [-0.25, -0.2) is 0 Å². The second kappa shape index (κ2) is 8.74. The molecule has 0 bridgehead atoms. The van der Waals surface area contributed by atoms with Crippen LogP contribution in [0.1, 0.15) is 64.5 Å². The Morgan fingerprint density at radius 2 is 1.77 bits per heavy atom. The van der Waals surface area contributed by atoms with Crippen LogP contribution in [0, 0.1) is 6.92 Å². The minimum absolute atomic E-state index is 0.169. The van der Waals surface area contributed by atoms with E-state index in [4.69, 9.17) is 5.73 Å². The highest BCUT2D eigenvalue weighted by molar-refractivity contribution is 5.81. The smallest absolute Gasteiger partial charge is 0.0992 e. The van der Waals surface area contributed by atoms with E-state index in [1.807, 2.05) is 13.8 Å². The van der Waals surface area contributed by atoms with Crippen LogP contribution in [-0.2, 0) is 0 Å². The number of hydrogen-bond acceptors (Lipinski definition) is 2. The second-order valence-corrected chi connectivity index (χ2v) is 6.21. The van der Waals surface area contributed by atoms with Crippen molar-refractivity contribution in [3.63, 3.8) is 0 Å². The lowest BCUT2D eigenvalue weighted by Gasteiger charge is -2.18. The number of nitrogens with one attached hydrogen (secondary N) is 1. The highest BCUT2D eigenvalue weighted by atomic mass is 15.0. The second-order valence-electron chi connectivity index (χ2n) is 6.21. The Kier molecular flexibility index (Phi) is 7.33. The zero-order valence-electron chi connectivity index (χ0n) is 14.9. The van der Waals surface area contributed by atoms with E-state index >= 15 is 0 Å². The van der Waals surface area contributed by atoms with Crippen LogP contribution in [0.4, 0.5) is 0 Å². The fourth-order valence-electron chi connectivity index (χ4n) is 2.65. The van der Waals surface area contributed by atoms with Gasteiger partial charge in [0.05, 0.1) is 12.0 Å². The number of allylic oxidation sites excluding steroid dienone is 2. The lowest BCUT2D eigenvalue weighted by atomic mass is 9.92. The number of hydrogen-bond donors (Lipinski definition) is 2. The molecular formula is C19H31N3. The normalized spacial score (nSPS) is 16.0. The third-order valence-electron chi connectivity index (χ3n) is 3.86. The Hall–Kier alpha value is -1.61. The number of benzene rings is 1. The molecule has 0 heterocycles. The van der Waals surface area contributed by atoms with Gasteiger partial charge in [0.2, 0.25) is 0 Å². The van der Waals surface area contributed by atoms with Gasteiger partial charge in [0, 0.05) is 5.70 Å². The van der Waals surface area contributed by atoms with Crippen LogP contribution in [0.2, 0.25) is 0 Å². The molecule has 1 aromatic rings. The maximum absolute atomic E-state index is 5.71. The molecule has 3 heteroatoms. The van der Waals surface area contributed by atoms with Crippen LogP contribution in [0.3, 0.4) is 0 Å². The first-order chi connectivity index (χ1) is 10.3. The number of nitrogens with two attached hydrogens (primary N) is 1. The largest absolute Gasteiger partial charge is 0.348 e. The summed E-state index contributed by atoms with van der Waals surface area (Å²) in [7, 11) is 0. The van der Waals surface area contributed by atoms with Gasteiger partial charge >= 0.3 is 0 Å². The summed E-state index contributed by atoms with van der Waals surface area (Å²) >= 11 is 0. The molecule has 0 radical (unpaired) electrons. The van der Waals surface area contributed by atoms with Crippen LogP contribution >= 0.6 is 0 Å². The topological polar surface area (TPSA) is 50.4 Å². The van der Waals surface area contributed by atoms with Gasteiger partial charge in [-0.2, -0.15) is 0 Å². The molecule has 1 aromatic carbocycles. The van der Waals surface area contributed by atoms with Crippen molar-refractivity contribution < 1.29 is 0 Å².